The van der Waals surface area contributed by atoms with Gasteiger partial charge in [-0.15, -0.1) is 0 Å². The molecule has 0 aliphatic carbocycles. The number of hydrogen-bond acceptors (Lipinski definition) is 3. The molecule has 1 aromatic carbocycles. The lowest BCUT2D eigenvalue weighted by molar-refractivity contribution is 0.0222. The van der Waals surface area contributed by atoms with E-state index in [-0.39, 0.29) is 0 Å². The SMILES string of the molecule is Clc1ccc(Br)c(CN2CC(N3CCNCC3)C2)c1. The van der Waals surface area contributed by atoms with E-state index in [9.17, 15) is 0 Å². The zero-order chi connectivity index (χ0) is 13.2. The second-order valence-electron chi connectivity index (χ2n) is 5.37. The molecule has 5 heteroatoms. The first kappa shape index (κ1) is 13.8. The first-order valence-corrected chi connectivity index (χ1v) is 8.00. The first-order chi connectivity index (χ1) is 9.22. The molecule has 0 unspecified atom stereocenters. The van der Waals surface area contributed by atoms with E-state index < -0.39 is 0 Å². The van der Waals surface area contributed by atoms with Crippen LogP contribution in [0.2, 0.25) is 5.02 Å². The van der Waals surface area contributed by atoms with Crippen molar-refractivity contribution in [2.45, 2.75) is 12.6 Å². The molecule has 0 bridgehead atoms. The molecule has 2 fully saturated rings. The average molecular weight is 345 g/mol. The van der Waals surface area contributed by atoms with Crippen LogP contribution >= 0.6 is 27.5 Å². The molecule has 2 aliphatic rings. The number of benzene rings is 1. The van der Waals surface area contributed by atoms with E-state index in [2.05, 4.69) is 37.1 Å². The monoisotopic (exact) mass is 343 g/mol. The van der Waals surface area contributed by atoms with Crippen LogP contribution in [0, 0.1) is 0 Å². The van der Waals surface area contributed by atoms with E-state index in [0.717, 1.165) is 35.2 Å². The van der Waals surface area contributed by atoms with Crippen LogP contribution in [-0.4, -0.2) is 55.1 Å². The molecule has 2 heterocycles. The Morgan fingerprint density at radius 2 is 2.00 bits per heavy atom. The third-order valence-electron chi connectivity index (χ3n) is 4.01. The second-order valence-corrected chi connectivity index (χ2v) is 6.66. The molecule has 2 saturated heterocycles. The molecule has 0 spiro atoms. The van der Waals surface area contributed by atoms with Crippen molar-refractivity contribution >= 4 is 27.5 Å². The minimum atomic E-state index is 0.750. The van der Waals surface area contributed by atoms with Crippen molar-refractivity contribution in [3.8, 4) is 0 Å². The van der Waals surface area contributed by atoms with E-state index in [4.69, 9.17) is 11.6 Å². The Labute approximate surface area is 128 Å². The predicted molar refractivity (Wildman–Crippen MR) is 82.7 cm³/mol. The first-order valence-electron chi connectivity index (χ1n) is 6.83. The van der Waals surface area contributed by atoms with Gasteiger partial charge in [0.2, 0.25) is 0 Å². The highest BCUT2D eigenvalue weighted by molar-refractivity contribution is 9.10. The highest BCUT2D eigenvalue weighted by Gasteiger charge is 2.32. The summed E-state index contributed by atoms with van der Waals surface area (Å²) in [6.45, 7) is 8.01. The molecule has 0 saturated carbocycles. The normalized spacial score (nSPS) is 22.4. The fraction of sp³-hybridized carbons (Fsp3) is 0.571. The largest absolute Gasteiger partial charge is 0.314 e. The Morgan fingerprint density at radius 1 is 1.26 bits per heavy atom. The van der Waals surface area contributed by atoms with Gasteiger partial charge in [0.15, 0.2) is 0 Å². The molecule has 2 aliphatic heterocycles. The molecule has 0 atom stereocenters. The number of piperazine rings is 1. The molecule has 0 amide bonds. The van der Waals surface area contributed by atoms with Gasteiger partial charge in [0, 0.05) is 61.4 Å². The van der Waals surface area contributed by atoms with Gasteiger partial charge in [-0.2, -0.15) is 0 Å². The number of nitrogens with zero attached hydrogens (tertiary/aromatic N) is 2. The van der Waals surface area contributed by atoms with Gasteiger partial charge in [-0.05, 0) is 23.8 Å². The van der Waals surface area contributed by atoms with Gasteiger partial charge in [0.25, 0.3) is 0 Å². The molecule has 1 N–H and O–H groups in total. The van der Waals surface area contributed by atoms with Crippen molar-refractivity contribution in [2.24, 2.45) is 0 Å². The summed E-state index contributed by atoms with van der Waals surface area (Å²) in [4.78, 5) is 5.10. The van der Waals surface area contributed by atoms with Crippen LogP contribution in [0.1, 0.15) is 5.56 Å². The lowest BCUT2D eigenvalue weighted by Gasteiger charge is -2.47. The number of likely N-dealkylation sites (tertiary alicyclic amines) is 1. The summed E-state index contributed by atoms with van der Waals surface area (Å²) in [5.74, 6) is 0. The minimum absolute atomic E-state index is 0.750. The molecule has 3 rings (SSSR count). The molecule has 104 valence electrons. The third-order valence-corrected chi connectivity index (χ3v) is 5.02. The van der Waals surface area contributed by atoms with Gasteiger partial charge in [-0.3, -0.25) is 9.80 Å². The van der Waals surface area contributed by atoms with E-state index in [1.807, 2.05) is 12.1 Å². The molecule has 0 radical (unpaired) electrons. The maximum absolute atomic E-state index is 6.06. The standard InChI is InChI=1S/C14H19BrClN3/c15-14-2-1-12(16)7-11(14)8-18-9-13(10-18)19-5-3-17-4-6-19/h1-2,7,13,17H,3-6,8-10H2. The predicted octanol–water partition coefficient (Wildman–Crippen LogP) is 2.19. The van der Waals surface area contributed by atoms with Crippen LogP contribution in [0.3, 0.4) is 0 Å². The van der Waals surface area contributed by atoms with Crippen LogP contribution in [0.4, 0.5) is 0 Å². The van der Waals surface area contributed by atoms with E-state index in [1.54, 1.807) is 0 Å². The molecular formula is C14H19BrClN3. The molecule has 1 aromatic rings. The zero-order valence-corrected chi connectivity index (χ0v) is 13.3. The Kier molecular flexibility index (Phi) is 4.44. The summed E-state index contributed by atoms with van der Waals surface area (Å²) < 4.78 is 1.16. The van der Waals surface area contributed by atoms with Gasteiger partial charge >= 0.3 is 0 Å². The fourth-order valence-corrected chi connectivity index (χ4v) is 3.42. The summed E-state index contributed by atoms with van der Waals surface area (Å²) >= 11 is 9.66. The maximum atomic E-state index is 6.06. The molecule has 3 nitrogen and oxygen atoms in total. The Balaban J connectivity index is 1.52. The summed E-state index contributed by atoms with van der Waals surface area (Å²) in [6.07, 6.45) is 0. The highest BCUT2D eigenvalue weighted by atomic mass is 79.9. The molecular weight excluding hydrogens is 326 g/mol. The number of rotatable bonds is 3. The van der Waals surface area contributed by atoms with E-state index in [0.29, 0.717) is 0 Å². The van der Waals surface area contributed by atoms with Gasteiger partial charge in [0.1, 0.15) is 0 Å². The lowest BCUT2D eigenvalue weighted by Crippen LogP contribution is -2.62. The summed E-state index contributed by atoms with van der Waals surface area (Å²) in [5.41, 5.74) is 1.28. The van der Waals surface area contributed by atoms with Gasteiger partial charge in [-0.1, -0.05) is 27.5 Å². The zero-order valence-electron chi connectivity index (χ0n) is 10.9. The van der Waals surface area contributed by atoms with E-state index >= 15 is 0 Å². The summed E-state index contributed by atoms with van der Waals surface area (Å²) in [5, 5.41) is 4.22. The van der Waals surface area contributed by atoms with Crippen molar-refractivity contribution in [2.75, 3.05) is 39.3 Å². The quantitative estimate of drug-likeness (QED) is 0.907. The number of hydrogen-bond donors (Lipinski definition) is 1. The topological polar surface area (TPSA) is 18.5 Å². The van der Waals surface area contributed by atoms with Crippen molar-refractivity contribution in [3.63, 3.8) is 0 Å². The van der Waals surface area contributed by atoms with Crippen LogP contribution in [0.25, 0.3) is 0 Å². The van der Waals surface area contributed by atoms with Crippen molar-refractivity contribution in [1.29, 1.82) is 0 Å². The fourth-order valence-electron chi connectivity index (χ4n) is 2.86. The highest BCUT2D eigenvalue weighted by Crippen LogP contribution is 2.25. The summed E-state index contributed by atoms with van der Waals surface area (Å²) in [6, 6.07) is 6.77. The average Bonchev–Trinajstić information content (AvgIpc) is 2.38. The smallest absolute Gasteiger partial charge is 0.0410 e. The maximum Gasteiger partial charge on any atom is 0.0410 e. The van der Waals surface area contributed by atoms with Gasteiger partial charge < -0.3 is 5.32 Å². The van der Waals surface area contributed by atoms with Crippen LogP contribution in [0.15, 0.2) is 22.7 Å². The van der Waals surface area contributed by atoms with Gasteiger partial charge in [0.05, 0.1) is 0 Å². The van der Waals surface area contributed by atoms with Crippen LogP contribution in [-0.2, 0) is 6.54 Å². The van der Waals surface area contributed by atoms with Crippen LogP contribution in [0.5, 0.6) is 0 Å². The van der Waals surface area contributed by atoms with Crippen molar-refractivity contribution in [3.05, 3.63) is 33.3 Å². The summed E-state index contributed by atoms with van der Waals surface area (Å²) in [7, 11) is 0. The van der Waals surface area contributed by atoms with Crippen LogP contribution < -0.4 is 5.32 Å². The minimum Gasteiger partial charge on any atom is -0.314 e. The van der Waals surface area contributed by atoms with Gasteiger partial charge in [-0.25, -0.2) is 0 Å². The van der Waals surface area contributed by atoms with Crippen molar-refractivity contribution < 1.29 is 0 Å². The Morgan fingerprint density at radius 3 is 2.74 bits per heavy atom. The number of halogens is 2. The van der Waals surface area contributed by atoms with Crippen molar-refractivity contribution in [1.82, 2.24) is 15.1 Å². The lowest BCUT2D eigenvalue weighted by atomic mass is 10.0. The van der Waals surface area contributed by atoms with E-state index in [1.165, 1.54) is 31.7 Å². The second kappa shape index (κ2) is 6.10. The molecule has 19 heavy (non-hydrogen) atoms. The third kappa shape index (κ3) is 3.31. The Bertz CT molecular complexity index is 442. The molecule has 0 aromatic heterocycles. The Hall–Kier alpha value is -0.130. The number of nitrogens with one attached hydrogen (secondary N) is 1.